The van der Waals surface area contributed by atoms with Crippen LogP contribution in [0, 0.1) is 0 Å². The van der Waals surface area contributed by atoms with Crippen LogP contribution >= 0.6 is 11.3 Å². The molecule has 10 heteroatoms. The maximum absolute atomic E-state index is 13.3. The molecule has 2 aliphatic rings. The number of fused-ring (bicyclic) bond motifs is 3. The number of amides is 2. The normalized spacial score (nSPS) is 16.1. The fourth-order valence-corrected chi connectivity index (χ4v) is 6.21. The summed E-state index contributed by atoms with van der Waals surface area (Å²) in [6.07, 6.45) is 3.72. The van der Waals surface area contributed by atoms with Crippen molar-refractivity contribution in [1.29, 1.82) is 0 Å². The standard InChI is InChI=1S/C28H25N7O2S/c1-28(2,3)26-30-12-15-14-34(9-10-35(15)26)27-31-19-7-5-4-6-17(19)22(32-27)21-20(23(36)33-24(21)37)18-13-29-25-16(18)8-11-38-25/h4-8,11-13,29H,9-10,14H2,1-3H3,(H,33,36,37). The molecule has 0 saturated carbocycles. The van der Waals surface area contributed by atoms with Crippen molar-refractivity contribution in [3.8, 4) is 0 Å². The molecule has 0 atom stereocenters. The fourth-order valence-electron chi connectivity index (χ4n) is 5.44. The lowest BCUT2D eigenvalue weighted by Crippen LogP contribution is -2.36. The van der Waals surface area contributed by atoms with Gasteiger partial charge in [-0.1, -0.05) is 39.0 Å². The molecule has 7 rings (SSSR count). The minimum absolute atomic E-state index is 0.0512. The largest absolute Gasteiger partial charge is 0.352 e. The Morgan fingerprint density at radius 3 is 2.63 bits per heavy atom. The van der Waals surface area contributed by atoms with Gasteiger partial charge in [-0.25, -0.2) is 15.0 Å². The number of hydrogen-bond donors (Lipinski definition) is 2. The molecule has 38 heavy (non-hydrogen) atoms. The molecule has 0 spiro atoms. The number of rotatable bonds is 3. The number of benzene rings is 1. The Morgan fingerprint density at radius 2 is 1.79 bits per heavy atom. The molecule has 1 aromatic carbocycles. The zero-order valence-electron chi connectivity index (χ0n) is 21.2. The van der Waals surface area contributed by atoms with Crippen LogP contribution in [0.2, 0.25) is 0 Å². The van der Waals surface area contributed by atoms with Gasteiger partial charge in [-0.15, -0.1) is 11.3 Å². The van der Waals surface area contributed by atoms with Crippen LogP contribution in [0.3, 0.4) is 0 Å². The van der Waals surface area contributed by atoms with Crippen LogP contribution in [0.1, 0.15) is 43.5 Å². The molecule has 6 heterocycles. The third-order valence-electron chi connectivity index (χ3n) is 7.17. The second kappa shape index (κ2) is 8.09. The monoisotopic (exact) mass is 523 g/mol. The molecule has 2 amide bonds. The van der Waals surface area contributed by atoms with E-state index in [0.717, 1.165) is 39.2 Å². The van der Waals surface area contributed by atoms with Crippen LogP contribution in [0.25, 0.3) is 32.3 Å². The predicted molar refractivity (Wildman–Crippen MR) is 148 cm³/mol. The summed E-state index contributed by atoms with van der Waals surface area (Å²) in [7, 11) is 0. The van der Waals surface area contributed by atoms with Crippen molar-refractivity contribution in [2.75, 3.05) is 11.4 Å². The maximum atomic E-state index is 13.3. The van der Waals surface area contributed by atoms with Crippen molar-refractivity contribution in [3.05, 3.63) is 70.9 Å². The van der Waals surface area contributed by atoms with E-state index in [4.69, 9.17) is 15.0 Å². The molecule has 4 aromatic heterocycles. The quantitative estimate of drug-likeness (QED) is 0.342. The van der Waals surface area contributed by atoms with Crippen LogP contribution in [0.5, 0.6) is 0 Å². The molecule has 0 unspecified atom stereocenters. The zero-order chi connectivity index (χ0) is 26.2. The Morgan fingerprint density at radius 1 is 0.974 bits per heavy atom. The molecule has 190 valence electrons. The molecular formula is C28H25N7O2S. The summed E-state index contributed by atoms with van der Waals surface area (Å²) < 4.78 is 2.28. The fraction of sp³-hybridized carbons (Fsp3) is 0.250. The van der Waals surface area contributed by atoms with E-state index in [0.29, 0.717) is 35.9 Å². The van der Waals surface area contributed by atoms with Crippen molar-refractivity contribution >= 4 is 61.4 Å². The first kappa shape index (κ1) is 22.9. The van der Waals surface area contributed by atoms with Gasteiger partial charge in [-0.05, 0) is 17.5 Å². The third-order valence-corrected chi connectivity index (χ3v) is 8.02. The summed E-state index contributed by atoms with van der Waals surface area (Å²) in [5.41, 5.74) is 3.53. The van der Waals surface area contributed by atoms with Gasteiger partial charge in [0.15, 0.2) is 0 Å². The number of imide groups is 1. The van der Waals surface area contributed by atoms with Gasteiger partial charge < -0.3 is 14.5 Å². The number of aromatic nitrogens is 5. The summed E-state index contributed by atoms with van der Waals surface area (Å²) >= 11 is 1.55. The lowest BCUT2D eigenvalue weighted by Gasteiger charge is -2.31. The van der Waals surface area contributed by atoms with Gasteiger partial charge in [-0.2, -0.15) is 0 Å². The van der Waals surface area contributed by atoms with Gasteiger partial charge in [0.05, 0.1) is 40.8 Å². The lowest BCUT2D eigenvalue weighted by atomic mass is 9.95. The molecule has 0 bridgehead atoms. The van der Waals surface area contributed by atoms with Crippen LogP contribution in [0.4, 0.5) is 5.95 Å². The van der Waals surface area contributed by atoms with Crippen LogP contribution in [-0.4, -0.2) is 42.9 Å². The molecular weight excluding hydrogens is 498 g/mol. The number of imidazole rings is 1. The number of hydrogen-bond acceptors (Lipinski definition) is 7. The Bertz CT molecular complexity index is 1820. The number of aromatic amines is 1. The SMILES string of the molecule is CC(C)(C)c1ncc2n1CCN(c1nc(C3=C(c4c[nH]c5sccc45)C(=O)NC3=O)c3ccccc3n1)C2. The second-order valence-electron chi connectivity index (χ2n) is 10.7. The molecule has 9 nitrogen and oxygen atoms in total. The van der Waals surface area contributed by atoms with E-state index < -0.39 is 11.8 Å². The number of carbonyl (C=O) groups excluding carboxylic acids is 2. The number of nitrogens with one attached hydrogen (secondary N) is 2. The zero-order valence-corrected chi connectivity index (χ0v) is 22.0. The van der Waals surface area contributed by atoms with Crippen molar-refractivity contribution in [2.45, 2.75) is 39.3 Å². The number of thiophene rings is 1. The average molecular weight is 524 g/mol. The van der Waals surface area contributed by atoms with Gasteiger partial charge >= 0.3 is 0 Å². The van der Waals surface area contributed by atoms with E-state index in [1.165, 1.54) is 0 Å². The summed E-state index contributed by atoms with van der Waals surface area (Å²) in [5, 5.41) is 6.10. The van der Waals surface area contributed by atoms with E-state index >= 15 is 0 Å². The van der Waals surface area contributed by atoms with Crippen LogP contribution in [-0.2, 0) is 28.1 Å². The first-order valence-corrected chi connectivity index (χ1v) is 13.4. The van der Waals surface area contributed by atoms with E-state index in [1.807, 2.05) is 41.9 Å². The van der Waals surface area contributed by atoms with Crippen LogP contribution in [0.15, 0.2) is 48.1 Å². The first-order valence-electron chi connectivity index (χ1n) is 12.5. The van der Waals surface area contributed by atoms with Gasteiger partial charge in [0.25, 0.3) is 11.8 Å². The summed E-state index contributed by atoms with van der Waals surface area (Å²) in [6.45, 7) is 8.57. The van der Waals surface area contributed by atoms with E-state index in [2.05, 4.69) is 40.5 Å². The Hall–Kier alpha value is -4.31. The summed E-state index contributed by atoms with van der Waals surface area (Å²) in [5.74, 6) is 0.723. The van der Waals surface area contributed by atoms with E-state index in [-0.39, 0.29) is 11.0 Å². The average Bonchev–Trinajstić information content (AvgIpc) is 3.66. The Balaban J connectivity index is 1.39. The van der Waals surface area contributed by atoms with Gasteiger partial charge in [0.2, 0.25) is 5.95 Å². The Labute approximate surface area is 222 Å². The van der Waals surface area contributed by atoms with Gasteiger partial charge in [-0.3, -0.25) is 14.9 Å². The first-order chi connectivity index (χ1) is 18.3. The van der Waals surface area contributed by atoms with Crippen molar-refractivity contribution in [2.24, 2.45) is 0 Å². The molecule has 0 aliphatic carbocycles. The number of nitrogens with zero attached hydrogens (tertiary/aromatic N) is 5. The van der Waals surface area contributed by atoms with E-state index in [9.17, 15) is 9.59 Å². The minimum Gasteiger partial charge on any atom is -0.352 e. The van der Waals surface area contributed by atoms with Crippen molar-refractivity contribution in [1.82, 2.24) is 29.8 Å². The highest BCUT2D eigenvalue weighted by molar-refractivity contribution is 7.16. The topological polar surface area (TPSA) is 109 Å². The molecule has 0 saturated heterocycles. The lowest BCUT2D eigenvalue weighted by molar-refractivity contribution is -0.122. The highest BCUT2D eigenvalue weighted by Gasteiger charge is 2.36. The molecule has 2 N–H and O–H groups in total. The second-order valence-corrected chi connectivity index (χ2v) is 11.6. The number of H-pyrrole nitrogens is 1. The summed E-state index contributed by atoms with van der Waals surface area (Å²) in [6, 6.07) is 9.58. The highest BCUT2D eigenvalue weighted by Crippen LogP contribution is 2.38. The van der Waals surface area contributed by atoms with Crippen LogP contribution < -0.4 is 10.2 Å². The third kappa shape index (κ3) is 3.40. The maximum Gasteiger partial charge on any atom is 0.261 e. The van der Waals surface area contributed by atoms with Gasteiger partial charge in [0.1, 0.15) is 10.7 Å². The smallest absolute Gasteiger partial charge is 0.261 e. The minimum atomic E-state index is -0.448. The Kier molecular flexibility index (Phi) is 4.87. The molecule has 0 fully saturated rings. The molecule has 2 aliphatic heterocycles. The van der Waals surface area contributed by atoms with Crippen molar-refractivity contribution in [3.63, 3.8) is 0 Å². The van der Waals surface area contributed by atoms with Crippen molar-refractivity contribution < 1.29 is 9.59 Å². The number of carbonyl (C=O) groups is 2. The highest BCUT2D eigenvalue weighted by atomic mass is 32.1. The van der Waals surface area contributed by atoms with E-state index in [1.54, 1.807) is 17.5 Å². The number of anilines is 1. The predicted octanol–water partition coefficient (Wildman–Crippen LogP) is 4.25. The van der Waals surface area contributed by atoms with Gasteiger partial charge in [0, 0.05) is 41.0 Å². The number of para-hydroxylation sites is 1. The molecule has 0 radical (unpaired) electrons. The molecule has 5 aromatic rings. The summed E-state index contributed by atoms with van der Waals surface area (Å²) in [4.78, 5) is 47.2.